The molecule has 0 radical (unpaired) electrons. The normalized spacial score (nSPS) is 12.7. The number of pyridine rings is 1. The van der Waals surface area contributed by atoms with Crippen LogP contribution in [0.3, 0.4) is 0 Å². The van der Waals surface area contributed by atoms with Crippen LogP contribution in [0.1, 0.15) is 16.7 Å². The van der Waals surface area contributed by atoms with Gasteiger partial charge in [-0.1, -0.05) is 35.9 Å². The van der Waals surface area contributed by atoms with Gasteiger partial charge < -0.3 is 0 Å². The molecule has 0 bridgehead atoms. The molecule has 2 aromatic heterocycles. The number of aromatic nitrogens is 2. The average molecular weight is 492 g/mol. The van der Waals surface area contributed by atoms with Crippen LogP contribution in [-0.2, 0) is 10.0 Å². The summed E-state index contributed by atoms with van der Waals surface area (Å²) in [5.74, 6) is 0. The van der Waals surface area contributed by atoms with E-state index in [9.17, 15) is 8.42 Å². The molecular formula is C25H25N5O2S2. The maximum atomic E-state index is 12.6. The number of hydrogen-bond donors (Lipinski definition) is 0. The van der Waals surface area contributed by atoms with Crippen LogP contribution < -0.4 is 4.80 Å². The molecule has 0 amide bonds. The van der Waals surface area contributed by atoms with E-state index in [2.05, 4.69) is 29.2 Å². The molecule has 0 N–H and O–H groups in total. The summed E-state index contributed by atoms with van der Waals surface area (Å²) in [6, 6.07) is 16.9. The molecule has 0 saturated heterocycles. The number of thiazole rings is 1. The lowest BCUT2D eigenvalue weighted by Gasteiger charge is -2.12. The molecule has 4 aromatic rings. The van der Waals surface area contributed by atoms with Crippen molar-refractivity contribution in [1.29, 1.82) is 0 Å². The Balaban J connectivity index is 1.88. The SMILES string of the molecule is Cc1ccc(-c2csc(=Nc3cc(S(=O)(=O)N(C)C)ccc3C)n2/N=C\c2ccncc2)cc1. The molecule has 9 heteroatoms. The van der Waals surface area contributed by atoms with Crippen LogP contribution in [0.25, 0.3) is 11.3 Å². The third-order valence-electron chi connectivity index (χ3n) is 5.24. The van der Waals surface area contributed by atoms with Crippen LogP contribution in [0.2, 0.25) is 0 Å². The fourth-order valence-electron chi connectivity index (χ4n) is 3.17. The van der Waals surface area contributed by atoms with Crippen molar-refractivity contribution in [2.45, 2.75) is 18.7 Å². The lowest BCUT2D eigenvalue weighted by molar-refractivity contribution is 0.521. The highest BCUT2D eigenvalue weighted by atomic mass is 32.2. The number of nitrogens with zero attached hydrogens (tertiary/aromatic N) is 5. The van der Waals surface area contributed by atoms with E-state index in [1.807, 2.05) is 31.4 Å². The van der Waals surface area contributed by atoms with Crippen molar-refractivity contribution in [2.24, 2.45) is 10.1 Å². The maximum absolute atomic E-state index is 12.6. The van der Waals surface area contributed by atoms with Crippen molar-refractivity contribution in [3.05, 3.63) is 93.9 Å². The van der Waals surface area contributed by atoms with E-state index in [0.717, 1.165) is 22.4 Å². The molecule has 0 aliphatic heterocycles. The van der Waals surface area contributed by atoms with Crippen molar-refractivity contribution in [2.75, 3.05) is 14.1 Å². The molecule has 7 nitrogen and oxygen atoms in total. The average Bonchev–Trinajstić information content (AvgIpc) is 3.22. The van der Waals surface area contributed by atoms with Gasteiger partial charge in [0.15, 0.2) is 0 Å². The van der Waals surface area contributed by atoms with Gasteiger partial charge in [0.05, 0.1) is 22.5 Å². The topological polar surface area (TPSA) is 79.9 Å². The fraction of sp³-hybridized carbons (Fsp3) is 0.160. The predicted molar refractivity (Wildman–Crippen MR) is 137 cm³/mol. The van der Waals surface area contributed by atoms with Crippen LogP contribution in [0, 0.1) is 13.8 Å². The Kier molecular flexibility index (Phi) is 6.87. The van der Waals surface area contributed by atoms with Gasteiger partial charge in [0, 0.05) is 37.4 Å². The van der Waals surface area contributed by atoms with Gasteiger partial charge in [-0.05, 0) is 49.2 Å². The molecule has 0 fully saturated rings. The van der Waals surface area contributed by atoms with Gasteiger partial charge in [0.25, 0.3) is 0 Å². The highest BCUT2D eigenvalue weighted by Crippen LogP contribution is 2.25. The monoisotopic (exact) mass is 491 g/mol. The summed E-state index contributed by atoms with van der Waals surface area (Å²) >= 11 is 1.44. The molecule has 4 rings (SSSR count). The minimum absolute atomic E-state index is 0.198. The molecule has 2 aromatic carbocycles. The zero-order valence-electron chi connectivity index (χ0n) is 19.4. The molecule has 0 atom stereocenters. The van der Waals surface area contributed by atoms with E-state index in [4.69, 9.17) is 10.1 Å². The number of aryl methyl sites for hydroxylation is 2. The summed E-state index contributed by atoms with van der Waals surface area (Å²) in [7, 11) is -0.543. The number of rotatable bonds is 6. The van der Waals surface area contributed by atoms with Gasteiger partial charge in [-0.3, -0.25) is 4.98 Å². The zero-order chi connectivity index (χ0) is 24.3. The number of benzene rings is 2. The molecule has 0 unspecified atom stereocenters. The molecule has 0 aliphatic carbocycles. The van der Waals surface area contributed by atoms with E-state index >= 15 is 0 Å². The Hall–Kier alpha value is -3.40. The van der Waals surface area contributed by atoms with Crippen molar-refractivity contribution in [3.63, 3.8) is 0 Å². The summed E-state index contributed by atoms with van der Waals surface area (Å²) < 4.78 is 28.3. The Labute approximate surface area is 203 Å². The van der Waals surface area contributed by atoms with E-state index in [1.165, 1.54) is 35.3 Å². The largest absolute Gasteiger partial charge is 0.265 e. The molecular weight excluding hydrogens is 466 g/mol. The summed E-state index contributed by atoms with van der Waals surface area (Å²) in [5, 5.41) is 6.72. The van der Waals surface area contributed by atoms with Crippen molar-refractivity contribution in [1.82, 2.24) is 14.0 Å². The third kappa shape index (κ3) is 5.06. The van der Waals surface area contributed by atoms with E-state index in [1.54, 1.807) is 41.5 Å². The molecule has 0 saturated carbocycles. The number of hydrogen-bond acceptors (Lipinski definition) is 6. The van der Waals surface area contributed by atoms with E-state index < -0.39 is 10.0 Å². The summed E-state index contributed by atoms with van der Waals surface area (Å²) in [6.07, 6.45) is 5.18. The van der Waals surface area contributed by atoms with E-state index in [-0.39, 0.29) is 4.90 Å². The molecule has 0 aliphatic rings. The maximum Gasteiger partial charge on any atom is 0.242 e. The summed E-state index contributed by atoms with van der Waals surface area (Å²) in [6.45, 7) is 3.95. The Morgan fingerprint density at radius 3 is 2.38 bits per heavy atom. The van der Waals surface area contributed by atoms with Crippen molar-refractivity contribution in [3.8, 4) is 11.3 Å². The second-order valence-corrected chi connectivity index (χ2v) is 10.9. The first kappa shape index (κ1) is 23.7. The van der Waals surface area contributed by atoms with Crippen LogP contribution >= 0.6 is 11.3 Å². The third-order valence-corrected chi connectivity index (χ3v) is 7.86. The number of sulfonamides is 1. The summed E-state index contributed by atoms with van der Waals surface area (Å²) in [5.41, 5.74) is 5.43. The Bertz CT molecular complexity index is 1500. The van der Waals surface area contributed by atoms with E-state index in [0.29, 0.717) is 10.5 Å². The second-order valence-electron chi connectivity index (χ2n) is 7.95. The molecule has 174 valence electrons. The first-order chi connectivity index (χ1) is 16.3. The van der Waals surface area contributed by atoms with Gasteiger partial charge in [0.2, 0.25) is 14.8 Å². The molecule has 0 spiro atoms. The minimum atomic E-state index is -3.57. The predicted octanol–water partition coefficient (Wildman–Crippen LogP) is 4.59. The first-order valence-corrected chi connectivity index (χ1v) is 12.9. The van der Waals surface area contributed by atoms with Gasteiger partial charge in [-0.25, -0.2) is 22.4 Å². The van der Waals surface area contributed by atoms with Crippen molar-refractivity contribution < 1.29 is 8.42 Å². The summed E-state index contributed by atoms with van der Waals surface area (Å²) in [4.78, 5) is 9.70. The van der Waals surface area contributed by atoms with Crippen molar-refractivity contribution >= 4 is 33.3 Å². The fourth-order valence-corrected chi connectivity index (χ4v) is 4.94. The van der Waals surface area contributed by atoms with Gasteiger partial charge in [-0.15, -0.1) is 11.3 Å². The lowest BCUT2D eigenvalue weighted by atomic mass is 10.1. The Morgan fingerprint density at radius 1 is 1.00 bits per heavy atom. The minimum Gasteiger partial charge on any atom is -0.265 e. The Morgan fingerprint density at radius 2 is 1.71 bits per heavy atom. The zero-order valence-corrected chi connectivity index (χ0v) is 21.0. The van der Waals surface area contributed by atoms with Gasteiger partial charge in [0.1, 0.15) is 0 Å². The second kappa shape index (κ2) is 9.84. The first-order valence-electron chi connectivity index (χ1n) is 10.6. The lowest BCUT2D eigenvalue weighted by Crippen LogP contribution is -2.22. The standard InChI is InChI=1S/C25H25N5O2S2/c1-18-5-8-21(9-6-18)24-17-33-25(30(24)27-16-20-11-13-26-14-12-20)28-23-15-22(10-7-19(23)2)34(31,32)29(3)4/h5-17H,1-4H3/b27-16-,28-25?. The van der Waals surface area contributed by atoms with Gasteiger partial charge >= 0.3 is 0 Å². The van der Waals surface area contributed by atoms with Crippen LogP contribution in [-0.4, -0.2) is 42.7 Å². The molecule has 2 heterocycles. The highest BCUT2D eigenvalue weighted by Gasteiger charge is 2.18. The smallest absolute Gasteiger partial charge is 0.242 e. The molecule has 34 heavy (non-hydrogen) atoms. The van der Waals surface area contributed by atoms with Gasteiger partial charge in [-0.2, -0.15) is 5.10 Å². The quantitative estimate of drug-likeness (QED) is 0.370. The van der Waals surface area contributed by atoms with Crippen LogP contribution in [0.5, 0.6) is 0 Å². The highest BCUT2D eigenvalue weighted by molar-refractivity contribution is 7.89. The van der Waals surface area contributed by atoms with Crippen LogP contribution in [0.15, 0.2) is 87.4 Å². The van der Waals surface area contributed by atoms with Crippen LogP contribution in [0.4, 0.5) is 5.69 Å².